The number of hydrogen-bond acceptors (Lipinski definition) is 4. The third kappa shape index (κ3) is 6.77. The quantitative estimate of drug-likeness (QED) is 0.536. The van der Waals surface area contributed by atoms with Crippen LogP contribution in [0.2, 0.25) is 0 Å². The largest absolute Gasteiger partial charge is 0.444 e. The van der Waals surface area contributed by atoms with E-state index in [4.69, 9.17) is 9.47 Å². The fourth-order valence-corrected chi connectivity index (χ4v) is 4.04. The number of likely N-dealkylation sites (tertiary alicyclic amines) is 1. The van der Waals surface area contributed by atoms with Crippen LogP contribution in [-0.2, 0) is 20.4 Å². The Morgan fingerprint density at radius 3 is 1.63 bits per heavy atom. The maximum Gasteiger partial charge on any atom is 0.410 e. The number of benzene rings is 2. The Kier molecular flexibility index (Phi) is 7.00. The highest BCUT2D eigenvalue weighted by molar-refractivity contribution is 5.74. The van der Waals surface area contributed by atoms with Gasteiger partial charge in [-0.3, -0.25) is 0 Å². The van der Waals surface area contributed by atoms with E-state index in [1.54, 1.807) is 4.90 Å². The van der Waals surface area contributed by atoms with E-state index in [-0.39, 0.29) is 5.41 Å². The molecule has 1 aliphatic heterocycles. The van der Waals surface area contributed by atoms with Crippen LogP contribution in [0.5, 0.6) is 0 Å². The second kappa shape index (κ2) is 9.21. The molecule has 2 amide bonds. The molecule has 1 fully saturated rings. The van der Waals surface area contributed by atoms with Gasteiger partial charge >= 0.3 is 12.2 Å². The van der Waals surface area contributed by atoms with Gasteiger partial charge in [-0.25, -0.2) is 9.59 Å². The van der Waals surface area contributed by atoms with E-state index in [9.17, 15) is 9.59 Å². The number of carbonyl (C=O) groups is 2. The summed E-state index contributed by atoms with van der Waals surface area (Å²) < 4.78 is 11.0. The molecule has 1 heterocycles. The summed E-state index contributed by atoms with van der Waals surface area (Å²) in [7, 11) is 0. The van der Waals surface area contributed by atoms with Crippen molar-refractivity contribution >= 4 is 12.2 Å². The second-order valence-corrected chi connectivity index (χ2v) is 12.5. The van der Waals surface area contributed by atoms with E-state index >= 15 is 0 Å². The van der Waals surface area contributed by atoms with Crippen molar-refractivity contribution in [1.29, 1.82) is 0 Å². The van der Waals surface area contributed by atoms with E-state index in [1.807, 2.05) is 53.7 Å². The van der Waals surface area contributed by atoms with Gasteiger partial charge in [0.25, 0.3) is 0 Å². The van der Waals surface area contributed by atoms with Crippen LogP contribution in [0, 0.1) is 0 Å². The van der Waals surface area contributed by atoms with E-state index in [2.05, 4.69) is 62.5 Å². The van der Waals surface area contributed by atoms with Gasteiger partial charge in [-0.05, 0) is 69.2 Å². The Bertz CT molecular complexity index is 1050. The van der Waals surface area contributed by atoms with E-state index < -0.39 is 28.9 Å². The fraction of sp³-hybridized carbons (Fsp3) is 0.517. The van der Waals surface area contributed by atoms with Crippen molar-refractivity contribution in [2.45, 2.75) is 84.5 Å². The van der Waals surface area contributed by atoms with Crippen LogP contribution in [-0.4, -0.2) is 41.4 Å². The molecule has 190 valence electrons. The van der Waals surface area contributed by atoms with Gasteiger partial charge in [-0.1, -0.05) is 69.3 Å². The van der Waals surface area contributed by atoms with Crippen molar-refractivity contribution in [3.05, 3.63) is 59.7 Å². The van der Waals surface area contributed by atoms with Crippen molar-refractivity contribution < 1.29 is 19.1 Å². The molecule has 2 aromatic carbocycles. The minimum atomic E-state index is -0.742. The number of hydrogen-bond donors (Lipinski definition) is 1. The normalized spacial score (nSPS) is 15.7. The summed E-state index contributed by atoms with van der Waals surface area (Å²) in [6.45, 7) is 18.2. The molecule has 0 spiro atoms. The number of amides is 2. The highest BCUT2D eigenvalue weighted by atomic mass is 16.6. The Balaban J connectivity index is 1.83. The lowest BCUT2D eigenvalue weighted by atomic mass is 9.81. The lowest BCUT2D eigenvalue weighted by Gasteiger charge is -2.50. The van der Waals surface area contributed by atoms with Gasteiger partial charge in [0.1, 0.15) is 16.7 Å². The first-order chi connectivity index (χ1) is 16.0. The summed E-state index contributed by atoms with van der Waals surface area (Å²) in [6.07, 6.45) is -0.905. The van der Waals surface area contributed by atoms with E-state index in [1.165, 1.54) is 5.56 Å². The van der Waals surface area contributed by atoms with Crippen molar-refractivity contribution in [3.8, 4) is 11.1 Å². The summed E-state index contributed by atoms with van der Waals surface area (Å²) in [5.74, 6) is 0. The number of carbonyl (C=O) groups excluding carboxylic acids is 2. The second-order valence-electron chi connectivity index (χ2n) is 12.5. The summed E-state index contributed by atoms with van der Waals surface area (Å²) >= 11 is 0. The summed E-state index contributed by atoms with van der Waals surface area (Å²) in [4.78, 5) is 26.8. The molecular formula is C29H40N2O4. The summed E-state index contributed by atoms with van der Waals surface area (Å²) in [5, 5.41) is 3.02. The van der Waals surface area contributed by atoms with Crippen LogP contribution < -0.4 is 5.32 Å². The Hall–Kier alpha value is -3.02. The number of alkyl carbamates (subject to hydrolysis) is 1. The van der Waals surface area contributed by atoms with Crippen LogP contribution in [0.15, 0.2) is 48.5 Å². The number of nitrogens with one attached hydrogen (secondary N) is 1. The fourth-order valence-electron chi connectivity index (χ4n) is 4.04. The Morgan fingerprint density at radius 2 is 1.20 bits per heavy atom. The average Bonchev–Trinajstić information content (AvgIpc) is 2.67. The molecule has 0 bridgehead atoms. The maximum absolute atomic E-state index is 12.7. The predicted molar refractivity (Wildman–Crippen MR) is 139 cm³/mol. The molecular weight excluding hydrogens is 440 g/mol. The van der Waals surface area contributed by atoms with Crippen LogP contribution >= 0.6 is 0 Å². The molecule has 1 saturated heterocycles. The van der Waals surface area contributed by atoms with Crippen molar-refractivity contribution in [3.63, 3.8) is 0 Å². The van der Waals surface area contributed by atoms with Crippen LogP contribution in [0.4, 0.5) is 9.59 Å². The van der Waals surface area contributed by atoms with Gasteiger partial charge in [0.05, 0.1) is 13.1 Å². The molecule has 1 aliphatic rings. The molecule has 0 radical (unpaired) electrons. The zero-order valence-electron chi connectivity index (χ0n) is 22.6. The smallest absolute Gasteiger partial charge is 0.410 e. The molecule has 0 saturated carbocycles. The number of ether oxygens (including phenoxy) is 2. The van der Waals surface area contributed by atoms with Crippen molar-refractivity contribution in [2.24, 2.45) is 0 Å². The Labute approximate surface area is 210 Å². The molecule has 2 aromatic rings. The minimum Gasteiger partial charge on any atom is -0.444 e. The first-order valence-electron chi connectivity index (χ1n) is 12.2. The first-order valence-corrected chi connectivity index (χ1v) is 12.2. The highest BCUT2D eigenvalue weighted by Gasteiger charge is 2.49. The van der Waals surface area contributed by atoms with Gasteiger partial charge in [-0.2, -0.15) is 0 Å². The van der Waals surface area contributed by atoms with Gasteiger partial charge in [0, 0.05) is 0 Å². The molecule has 6 heteroatoms. The van der Waals surface area contributed by atoms with E-state index in [0.29, 0.717) is 13.1 Å². The molecule has 0 aliphatic carbocycles. The van der Waals surface area contributed by atoms with Gasteiger partial charge in [0.15, 0.2) is 0 Å². The molecule has 1 N–H and O–H groups in total. The van der Waals surface area contributed by atoms with Gasteiger partial charge in [-0.15, -0.1) is 0 Å². The average molecular weight is 481 g/mol. The van der Waals surface area contributed by atoms with E-state index in [0.717, 1.165) is 16.7 Å². The minimum absolute atomic E-state index is 0.104. The Morgan fingerprint density at radius 1 is 0.743 bits per heavy atom. The SMILES string of the molecule is CC(C)(C)OC(=O)NC1(c2ccc(-c3ccc(C(C)(C)C)cc3)cc2)CN(C(=O)OC(C)(C)C)C1. The number of rotatable bonds is 3. The predicted octanol–water partition coefficient (Wildman–Crippen LogP) is 6.62. The number of nitrogens with zero attached hydrogens (tertiary/aromatic N) is 1. The topological polar surface area (TPSA) is 67.9 Å². The standard InChI is InChI=1S/C29H40N2O4/c1-26(2,3)22-14-10-20(11-15-22)21-12-16-23(17-13-21)29(30-24(32)34-27(4,5)6)18-31(19-29)25(33)35-28(7,8)9/h10-17H,18-19H2,1-9H3,(H,30,32). The molecule has 6 nitrogen and oxygen atoms in total. The van der Waals surface area contributed by atoms with Gasteiger partial charge < -0.3 is 19.7 Å². The molecule has 0 unspecified atom stereocenters. The molecule has 35 heavy (non-hydrogen) atoms. The summed E-state index contributed by atoms with van der Waals surface area (Å²) in [5.41, 5.74) is 2.57. The van der Waals surface area contributed by atoms with Crippen LogP contribution in [0.1, 0.15) is 73.4 Å². The van der Waals surface area contributed by atoms with Crippen LogP contribution in [0.25, 0.3) is 11.1 Å². The third-order valence-electron chi connectivity index (χ3n) is 5.84. The maximum atomic E-state index is 12.7. The summed E-state index contributed by atoms with van der Waals surface area (Å²) in [6, 6.07) is 16.7. The zero-order valence-corrected chi connectivity index (χ0v) is 22.6. The van der Waals surface area contributed by atoms with Gasteiger partial charge in [0.2, 0.25) is 0 Å². The monoisotopic (exact) mass is 480 g/mol. The lowest BCUT2D eigenvalue weighted by molar-refractivity contribution is -0.0229. The highest BCUT2D eigenvalue weighted by Crippen LogP contribution is 2.35. The lowest BCUT2D eigenvalue weighted by Crippen LogP contribution is -2.69. The first kappa shape index (κ1) is 26.6. The van der Waals surface area contributed by atoms with Crippen LogP contribution in [0.3, 0.4) is 0 Å². The van der Waals surface area contributed by atoms with Crippen molar-refractivity contribution in [2.75, 3.05) is 13.1 Å². The van der Waals surface area contributed by atoms with Crippen molar-refractivity contribution in [1.82, 2.24) is 10.2 Å². The molecule has 3 rings (SSSR count). The molecule has 0 atom stereocenters. The zero-order chi connectivity index (χ0) is 26.2. The molecule has 0 aromatic heterocycles. The third-order valence-corrected chi connectivity index (χ3v) is 5.84.